The van der Waals surface area contributed by atoms with Gasteiger partial charge in [0.1, 0.15) is 0 Å². The molecule has 0 unspecified atom stereocenters. The number of hydrogen-bond acceptors (Lipinski definition) is 3. The molecule has 0 aromatic heterocycles. The molecule has 102 valence electrons. The Hall–Kier alpha value is -1.30. The fraction of sp³-hybridized carbons (Fsp3) is 0.833. The highest BCUT2D eigenvalue weighted by molar-refractivity contribution is 5.80. The largest absolute Gasteiger partial charge is 0.481 e. The van der Waals surface area contributed by atoms with Crippen molar-refractivity contribution in [3.63, 3.8) is 0 Å². The van der Waals surface area contributed by atoms with Crippen molar-refractivity contribution in [2.75, 3.05) is 39.3 Å². The number of piperazine rings is 1. The number of nitrogens with zero attached hydrogens (tertiary/aromatic N) is 2. The first-order valence-electron chi connectivity index (χ1n) is 6.56. The highest BCUT2D eigenvalue weighted by atomic mass is 16.4. The third kappa shape index (κ3) is 2.75. The number of rotatable bonds is 4. The van der Waals surface area contributed by atoms with Crippen LogP contribution in [0.1, 0.15) is 19.8 Å². The second kappa shape index (κ2) is 5.14. The summed E-state index contributed by atoms with van der Waals surface area (Å²) in [5.74, 6) is -0.793. The van der Waals surface area contributed by atoms with Gasteiger partial charge in [-0.15, -0.1) is 0 Å². The van der Waals surface area contributed by atoms with E-state index in [4.69, 9.17) is 5.11 Å². The van der Waals surface area contributed by atoms with Gasteiger partial charge in [-0.1, -0.05) is 6.92 Å². The standard InChI is InChI=1S/C12H21N3O3/c1-2-14-5-7-15(8-6-14)11(18)13-9-12(3-4-12)10(16)17/h2-9H2,1H3,(H,13,18)(H,16,17). The van der Waals surface area contributed by atoms with Crippen LogP contribution in [0.5, 0.6) is 0 Å². The summed E-state index contributed by atoms with van der Waals surface area (Å²) in [6.45, 7) is 6.62. The van der Waals surface area contributed by atoms with E-state index in [2.05, 4.69) is 17.1 Å². The Morgan fingerprint density at radius 1 is 1.22 bits per heavy atom. The number of nitrogens with one attached hydrogen (secondary N) is 1. The number of carboxylic acid groups (broad SMARTS) is 1. The molecule has 2 aliphatic rings. The Labute approximate surface area is 107 Å². The van der Waals surface area contributed by atoms with Crippen LogP contribution < -0.4 is 5.32 Å². The smallest absolute Gasteiger partial charge is 0.317 e. The van der Waals surface area contributed by atoms with Crippen molar-refractivity contribution < 1.29 is 14.7 Å². The molecule has 0 spiro atoms. The topological polar surface area (TPSA) is 72.9 Å². The van der Waals surface area contributed by atoms with Gasteiger partial charge in [0.2, 0.25) is 0 Å². The van der Waals surface area contributed by atoms with Crippen LogP contribution in [-0.2, 0) is 4.79 Å². The minimum absolute atomic E-state index is 0.127. The quantitative estimate of drug-likeness (QED) is 0.752. The lowest BCUT2D eigenvalue weighted by molar-refractivity contribution is -0.143. The predicted molar refractivity (Wildman–Crippen MR) is 66.4 cm³/mol. The maximum Gasteiger partial charge on any atom is 0.317 e. The van der Waals surface area contributed by atoms with Crippen LogP contribution >= 0.6 is 0 Å². The fourth-order valence-corrected chi connectivity index (χ4v) is 2.24. The van der Waals surface area contributed by atoms with Gasteiger partial charge in [0.25, 0.3) is 0 Å². The summed E-state index contributed by atoms with van der Waals surface area (Å²) in [5, 5.41) is 11.8. The van der Waals surface area contributed by atoms with E-state index in [1.807, 2.05) is 0 Å². The van der Waals surface area contributed by atoms with Crippen molar-refractivity contribution in [2.24, 2.45) is 5.41 Å². The van der Waals surface area contributed by atoms with Gasteiger partial charge in [-0.25, -0.2) is 4.79 Å². The van der Waals surface area contributed by atoms with Crippen molar-refractivity contribution in [1.29, 1.82) is 0 Å². The number of carbonyl (C=O) groups is 2. The van der Waals surface area contributed by atoms with Crippen molar-refractivity contribution in [2.45, 2.75) is 19.8 Å². The number of likely N-dealkylation sites (N-methyl/N-ethyl adjacent to an activating group) is 1. The number of carboxylic acids is 1. The number of amides is 2. The van der Waals surface area contributed by atoms with Crippen LogP contribution in [0.15, 0.2) is 0 Å². The molecule has 6 heteroatoms. The molecule has 0 aromatic carbocycles. The molecule has 18 heavy (non-hydrogen) atoms. The number of urea groups is 1. The third-order valence-corrected chi connectivity index (χ3v) is 3.99. The van der Waals surface area contributed by atoms with E-state index in [0.29, 0.717) is 12.8 Å². The molecule has 1 aliphatic heterocycles. The minimum atomic E-state index is -0.793. The monoisotopic (exact) mass is 255 g/mol. The molecule has 0 radical (unpaired) electrons. The zero-order chi connectivity index (χ0) is 13.2. The Balaban J connectivity index is 1.74. The van der Waals surface area contributed by atoms with Gasteiger partial charge >= 0.3 is 12.0 Å². The summed E-state index contributed by atoms with van der Waals surface area (Å²) in [4.78, 5) is 26.9. The van der Waals surface area contributed by atoms with Crippen molar-refractivity contribution >= 4 is 12.0 Å². The van der Waals surface area contributed by atoms with E-state index in [9.17, 15) is 9.59 Å². The molecule has 0 bridgehead atoms. The molecule has 0 aromatic rings. The lowest BCUT2D eigenvalue weighted by atomic mass is 10.1. The molecule has 2 rings (SSSR count). The van der Waals surface area contributed by atoms with Crippen LogP contribution in [0.4, 0.5) is 4.79 Å². The van der Waals surface area contributed by atoms with Gasteiger partial charge in [-0.05, 0) is 19.4 Å². The third-order valence-electron chi connectivity index (χ3n) is 3.99. The van der Waals surface area contributed by atoms with E-state index in [1.54, 1.807) is 4.90 Å². The Kier molecular flexibility index (Phi) is 3.75. The molecule has 0 atom stereocenters. The first-order valence-corrected chi connectivity index (χ1v) is 6.56. The second-order valence-electron chi connectivity index (χ2n) is 5.17. The average Bonchev–Trinajstić information content (AvgIpc) is 3.17. The highest BCUT2D eigenvalue weighted by Crippen LogP contribution is 2.45. The van der Waals surface area contributed by atoms with Crippen molar-refractivity contribution in [3.05, 3.63) is 0 Å². The Morgan fingerprint density at radius 2 is 1.83 bits per heavy atom. The normalized spacial score (nSPS) is 22.6. The molecular formula is C12H21N3O3. The molecule has 6 nitrogen and oxygen atoms in total. The first-order chi connectivity index (χ1) is 8.57. The number of carbonyl (C=O) groups excluding carboxylic acids is 1. The summed E-state index contributed by atoms with van der Waals surface area (Å²) >= 11 is 0. The van der Waals surface area contributed by atoms with E-state index in [0.717, 1.165) is 32.7 Å². The lowest BCUT2D eigenvalue weighted by Crippen LogP contribution is -2.52. The van der Waals surface area contributed by atoms with Crippen LogP contribution in [0, 0.1) is 5.41 Å². The predicted octanol–water partition coefficient (Wildman–Crippen LogP) is 0.198. The zero-order valence-corrected chi connectivity index (χ0v) is 10.8. The minimum Gasteiger partial charge on any atom is -0.481 e. The zero-order valence-electron chi connectivity index (χ0n) is 10.8. The summed E-state index contributed by atoms with van der Waals surface area (Å²) in [6.07, 6.45) is 1.35. The van der Waals surface area contributed by atoms with E-state index >= 15 is 0 Å². The molecule has 1 saturated heterocycles. The molecular weight excluding hydrogens is 234 g/mol. The highest BCUT2D eigenvalue weighted by Gasteiger charge is 2.50. The average molecular weight is 255 g/mol. The molecule has 1 aliphatic carbocycles. The van der Waals surface area contributed by atoms with E-state index < -0.39 is 11.4 Å². The van der Waals surface area contributed by atoms with Crippen LogP contribution in [-0.4, -0.2) is 66.2 Å². The Morgan fingerprint density at radius 3 is 2.28 bits per heavy atom. The van der Waals surface area contributed by atoms with Gasteiger partial charge in [0.05, 0.1) is 5.41 Å². The molecule has 2 N–H and O–H groups in total. The van der Waals surface area contributed by atoms with Crippen LogP contribution in [0.3, 0.4) is 0 Å². The van der Waals surface area contributed by atoms with Crippen LogP contribution in [0.2, 0.25) is 0 Å². The van der Waals surface area contributed by atoms with Gasteiger partial charge in [-0.2, -0.15) is 0 Å². The van der Waals surface area contributed by atoms with E-state index in [1.165, 1.54) is 0 Å². The summed E-state index contributed by atoms with van der Waals surface area (Å²) in [6, 6.07) is -0.127. The van der Waals surface area contributed by atoms with Gasteiger partial charge in [0, 0.05) is 32.7 Å². The van der Waals surface area contributed by atoms with Gasteiger partial charge in [0.15, 0.2) is 0 Å². The summed E-state index contributed by atoms with van der Waals surface area (Å²) in [7, 11) is 0. The molecule has 2 amide bonds. The van der Waals surface area contributed by atoms with Crippen molar-refractivity contribution in [3.8, 4) is 0 Å². The lowest BCUT2D eigenvalue weighted by Gasteiger charge is -2.34. The van der Waals surface area contributed by atoms with Crippen LogP contribution in [0.25, 0.3) is 0 Å². The Bertz CT molecular complexity index is 333. The number of hydrogen-bond donors (Lipinski definition) is 2. The van der Waals surface area contributed by atoms with Crippen molar-refractivity contribution in [1.82, 2.24) is 15.1 Å². The van der Waals surface area contributed by atoms with Gasteiger partial charge < -0.3 is 20.2 Å². The maximum atomic E-state index is 11.9. The SMILES string of the molecule is CCN1CCN(C(=O)NCC2(C(=O)O)CC2)CC1. The molecule has 2 fully saturated rings. The summed E-state index contributed by atoms with van der Waals surface area (Å²) in [5.41, 5.74) is -0.680. The van der Waals surface area contributed by atoms with E-state index in [-0.39, 0.29) is 12.6 Å². The molecule has 1 saturated carbocycles. The second-order valence-corrected chi connectivity index (χ2v) is 5.17. The number of aliphatic carboxylic acids is 1. The summed E-state index contributed by atoms with van der Waals surface area (Å²) < 4.78 is 0. The maximum absolute atomic E-state index is 11.9. The van der Waals surface area contributed by atoms with Gasteiger partial charge in [-0.3, -0.25) is 4.79 Å². The fourth-order valence-electron chi connectivity index (χ4n) is 2.24. The molecule has 1 heterocycles. The first kappa shape index (κ1) is 13.1.